The monoisotopic (exact) mass is 427 g/mol. The van der Waals surface area contributed by atoms with Gasteiger partial charge in [-0.25, -0.2) is 9.59 Å². The molecule has 0 heterocycles. The summed E-state index contributed by atoms with van der Waals surface area (Å²) < 4.78 is 15.5. The summed E-state index contributed by atoms with van der Waals surface area (Å²) in [5.41, 5.74) is 0.634. The number of hydrogen-bond acceptors (Lipinski definition) is 6. The Morgan fingerprint density at radius 2 is 1.61 bits per heavy atom. The summed E-state index contributed by atoms with van der Waals surface area (Å²) in [5.74, 6) is -0.289. The van der Waals surface area contributed by atoms with Gasteiger partial charge in [-0.05, 0) is 57.5 Å². The van der Waals surface area contributed by atoms with Crippen molar-refractivity contribution in [1.82, 2.24) is 5.32 Å². The Morgan fingerprint density at radius 1 is 0.968 bits per heavy atom. The van der Waals surface area contributed by atoms with Crippen LogP contribution in [0.5, 0.6) is 5.75 Å². The maximum absolute atomic E-state index is 13.1. The minimum Gasteiger partial charge on any atom is -0.482 e. The van der Waals surface area contributed by atoms with Crippen LogP contribution in [-0.4, -0.2) is 42.7 Å². The third-order valence-electron chi connectivity index (χ3n) is 4.09. The SMILES string of the molecule is CCOC(=O)COc1ccc(C(=O)[C@H](Cc2ccccc2)NC(=O)OC(C)(C)C)cc1. The van der Waals surface area contributed by atoms with E-state index in [9.17, 15) is 14.4 Å². The largest absolute Gasteiger partial charge is 0.482 e. The van der Waals surface area contributed by atoms with Crippen molar-refractivity contribution in [3.05, 3.63) is 65.7 Å². The van der Waals surface area contributed by atoms with Crippen LogP contribution in [0.25, 0.3) is 0 Å². The normalized spacial score (nSPS) is 11.9. The van der Waals surface area contributed by atoms with Gasteiger partial charge in [0, 0.05) is 12.0 Å². The molecule has 0 aromatic heterocycles. The van der Waals surface area contributed by atoms with Crippen molar-refractivity contribution in [2.75, 3.05) is 13.2 Å². The smallest absolute Gasteiger partial charge is 0.408 e. The Kier molecular flexibility index (Phi) is 8.61. The van der Waals surface area contributed by atoms with Crippen molar-refractivity contribution >= 4 is 17.8 Å². The molecule has 2 aromatic carbocycles. The number of carbonyl (C=O) groups is 3. The molecule has 0 saturated heterocycles. The zero-order chi connectivity index (χ0) is 22.9. The summed E-state index contributed by atoms with van der Waals surface area (Å²) in [6.07, 6.45) is -0.337. The van der Waals surface area contributed by atoms with Crippen LogP contribution < -0.4 is 10.1 Å². The van der Waals surface area contributed by atoms with Crippen LogP contribution in [0.15, 0.2) is 54.6 Å². The van der Waals surface area contributed by atoms with Gasteiger partial charge in [0.15, 0.2) is 12.4 Å². The molecule has 0 spiro atoms. The first kappa shape index (κ1) is 23.9. The number of hydrogen-bond donors (Lipinski definition) is 1. The number of carbonyl (C=O) groups excluding carboxylic acids is 3. The van der Waals surface area contributed by atoms with Crippen LogP contribution in [0.2, 0.25) is 0 Å². The van der Waals surface area contributed by atoms with Gasteiger partial charge in [0.1, 0.15) is 11.4 Å². The van der Waals surface area contributed by atoms with Crippen molar-refractivity contribution < 1.29 is 28.6 Å². The van der Waals surface area contributed by atoms with Gasteiger partial charge in [0.05, 0.1) is 12.6 Å². The predicted octanol–water partition coefficient (Wildman–Crippen LogP) is 3.95. The zero-order valence-corrected chi connectivity index (χ0v) is 18.3. The van der Waals surface area contributed by atoms with Crippen LogP contribution in [-0.2, 0) is 20.7 Å². The third kappa shape index (κ3) is 8.50. The number of esters is 1. The summed E-state index contributed by atoms with van der Waals surface area (Å²) in [7, 11) is 0. The number of Topliss-reactive ketones (excluding diaryl/α,β-unsaturated/α-hetero) is 1. The Bertz CT molecular complexity index is 871. The van der Waals surface area contributed by atoms with Crippen LogP contribution in [0.3, 0.4) is 0 Å². The maximum Gasteiger partial charge on any atom is 0.408 e. The molecule has 0 fully saturated rings. The molecule has 1 atom stereocenters. The second-order valence-corrected chi connectivity index (χ2v) is 7.87. The van der Waals surface area contributed by atoms with E-state index in [0.717, 1.165) is 5.56 Å². The Balaban J connectivity index is 2.11. The van der Waals surface area contributed by atoms with Gasteiger partial charge in [-0.1, -0.05) is 30.3 Å². The van der Waals surface area contributed by atoms with Gasteiger partial charge < -0.3 is 19.5 Å². The number of ketones is 1. The van der Waals surface area contributed by atoms with Gasteiger partial charge in [0.2, 0.25) is 0 Å². The number of benzene rings is 2. The molecule has 7 heteroatoms. The number of ether oxygens (including phenoxy) is 3. The van der Waals surface area contributed by atoms with Gasteiger partial charge in [-0.3, -0.25) is 4.79 Å². The Labute approximate surface area is 182 Å². The highest BCUT2D eigenvalue weighted by Crippen LogP contribution is 2.16. The number of alkyl carbamates (subject to hydrolysis) is 1. The van der Waals surface area contributed by atoms with E-state index in [1.807, 2.05) is 30.3 Å². The lowest BCUT2D eigenvalue weighted by Gasteiger charge is -2.23. The molecular weight excluding hydrogens is 398 g/mol. The molecule has 1 amide bonds. The minimum absolute atomic E-state index is 0.210. The van der Waals surface area contributed by atoms with Crippen molar-refractivity contribution in [3.63, 3.8) is 0 Å². The number of amides is 1. The molecule has 0 bridgehead atoms. The van der Waals surface area contributed by atoms with E-state index in [1.54, 1.807) is 52.0 Å². The molecular formula is C24H29NO6. The molecule has 0 unspecified atom stereocenters. The number of rotatable bonds is 9. The molecule has 2 rings (SSSR count). The molecule has 1 N–H and O–H groups in total. The van der Waals surface area contributed by atoms with E-state index in [-0.39, 0.29) is 19.0 Å². The summed E-state index contributed by atoms with van der Waals surface area (Å²) in [6, 6.07) is 15.0. The molecule has 7 nitrogen and oxygen atoms in total. The first-order chi connectivity index (χ1) is 14.7. The van der Waals surface area contributed by atoms with Crippen LogP contribution in [0.4, 0.5) is 4.79 Å². The first-order valence-electron chi connectivity index (χ1n) is 10.1. The molecule has 31 heavy (non-hydrogen) atoms. The van der Waals surface area contributed by atoms with Crippen LogP contribution >= 0.6 is 0 Å². The lowest BCUT2D eigenvalue weighted by Crippen LogP contribution is -2.44. The fraction of sp³-hybridized carbons (Fsp3) is 0.375. The second kappa shape index (κ2) is 11.2. The van der Waals surface area contributed by atoms with Gasteiger partial charge >= 0.3 is 12.1 Å². The van der Waals surface area contributed by atoms with E-state index in [2.05, 4.69) is 5.32 Å². The van der Waals surface area contributed by atoms with Crippen molar-refractivity contribution in [1.29, 1.82) is 0 Å². The quantitative estimate of drug-likeness (QED) is 0.481. The van der Waals surface area contributed by atoms with E-state index in [0.29, 0.717) is 17.7 Å². The molecule has 166 valence electrons. The Hall–Kier alpha value is -3.35. The van der Waals surface area contributed by atoms with Crippen molar-refractivity contribution in [3.8, 4) is 5.75 Å². The predicted molar refractivity (Wildman–Crippen MR) is 116 cm³/mol. The van der Waals surface area contributed by atoms with Crippen molar-refractivity contribution in [2.24, 2.45) is 0 Å². The average molecular weight is 427 g/mol. The first-order valence-corrected chi connectivity index (χ1v) is 10.1. The van der Waals surface area contributed by atoms with Crippen molar-refractivity contribution in [2.45, 2.75) is 45.8 Å². The minimum atomic E-state index is -0.802. The molecule has 0 radical (unpaired) electrons. The summed E-state index contributed by atoms with van der Waals surface area (Å²) >= 11 is 0. The molecule has 0 aliphatic carbocycles. The van der Waals surface area contributed by atoms with E-state index in [1.165, 1.54) is 0 Å². The molecule has 2 aromatic rings. The zero-order valence-electron chi connectivity index (χ0n) is 18.3. The van der Waals surface area contributed by atoms with Gasteiger partial charge in [0.25, 0.3) is 0 Å². The second-order valence-electron chi connectivity index (χ2n) is 7.87. The average Bonchev–Trinajstić information content (AvgIpc) is 2.71. The highest BCUT2D eigenvalue weighted by Gasteiger charge is 2.25. The van der Waals surface area contributed by atoms with Gasteiger partial charge in [-0.2, -0.15) is 0 Å². The molecule has 0 aliphatic rings. The fourth-order valence-electron chi connectivity index (χ4n) is 2.77. The summed E-state index contributed by atoms with van der Waals surface area (Å²) in [5, 5.41) is 2.69. The van der Waals surface area contributed by atoms with E-state index >= 15 is 0 Å². The fourth-order valence-corrected chi connectivity index (χ4v) is 2.77. The third-order valence-corrected chi connectivity index (χ3v) is 4.09. The lowest BCUT2D eigenvalue weighted by atomic mass is 9.97. The van der Waals surface area contributed by atoms with Crippen LogP contribution in [0.1, 0.15) is 43.6 Å². The maximum atomic E-state index is 13.1. The molecule has 0 aliphatic heterocycles. The number of nitrogens with one attached hydrogen (secondary N) is 1. The van der Waals surface area contributed by atoms with E-state index < -0.39 is 23.7 Å². The highest BCUT2D eigenvalue weighted by molar-refractivity contribution is 6.01. The van der Waals surface area contributed by atoms with Gasteiger partial charge in [-0.15, -0.1) is 0 Å². The van der Waals surface area contributed by atoms with Crippen LogP contribution in [0, 0.1) is 0 Å². The highest BCUT2D eigenvalue weighted by atomic mass is 16.6. The van der Waals surface area contributed by atoms with E-state index in [4.69, 9.17) is 14.2 Å². The lowest BCUT2D eigenvalue weighted by molar-refractivity contribution is -0.145. The summed E-state index contributed by atoms with van der Waals surface area (Å²) in [4.78, 5) is 36.8. The Morgan fingerprint density at radius 3 is 2.19 bits per heavy atom. The standard InChI is InChI=1S/C24H29NO6/c1-5-29-21(26)16-30-19-13-11-18(12-14-19)22(27)20(15-17-9-7-6-8-10-17)25-23(28)31-24(2,3)4/h6-14,20H,5,15-16H2,1-4H3,(H,25,28)/t20-/m0/s1. The summed E-state index contributed by atoms with van der Waals surface area (Å²) in [6.45, 7) is 7.07. The topological polar surface area (TPSA) is 90.9 Å². The molecule has 0 saturated carbocycles.